The molecule has 4 heteroatoms. The second-order valence-corrected chi connectivity index (χ2v) is 4.80. The Bertz CT molecular complexity index is 720. The first-order valence-corrected chi connectivity index (χ1v) is 6.72. The van der Waals surface area contributed by atoms with Gasteiger partial charge in [0.15, 0.2) is 0 Å². The maximum atomic E-state index is 13.9. The number of anilines is 1. The Morgan fingerprint density at radius 1 is 1.25 bits per heavy atom. The highest BCUT2D eigenvalue weighted by Crippen LogP contribution is 2.26. The average molecular weight is 269 g/mol. The first-order valence-electron chi connectivity index (χ1n) is 6.72. The minimum Gasteiger partial charge on any atom is -0.378 e. The summed E-state index contributed by atoms with van der Waals surface area (Å²) in [6.45, 7) is 2.04. The molecule has 0 aliphatic carbocycles. The lowest BCUT2D eigenvalue weighted by Gasteiger charge is -2.19. The quantitative estimate of drug-likeness (QED) is 0.742. The Morgan fingerprint density at radius 3 is 2.90 bits per heavy atom. The molecule has 1 aromatic heterocycles. The van der Waals surface area contributed by atoms with E-state index in [9.17, 15) is 4.39 Å². The van der Waals surface area contributed by atoms with E-state index in [-0.39, 0.29) is 11.9 Å². The third-order valence-electron chi connectivity index (χ3n) is 3.47. The number of hydrogen-bond donors (Lipinski definition) is 2. The maximum Gasteiger partial charge on any atom is 0.128 e. The molecule has 3 rings (SSSR count). The SMILES string of the molecule is CCC(Nc1ccc2[nH]ncc2c1)c1ccccc1F. The van der Waals surface area contributed by atoms with Crippen LogP contribution in [0.3, 0.4) is 0 Å². The van der Waals surface area contributed by atoms with E-state index < -0.39 is 0 Å². The topological polar surface area (TPSA) is 40.7 Å². The summed E-state index contributed by atoms with van der Waals surface area (Å²) in [4.78, 5) is 0. The van der Waals surface area contributed by atoms with E-state index in [1.807, 2.05) is 37.3 Å². The largest absolute Gasteiger partial charge is 0.378 e. The fourth-order valence-corrected chi connectivity index (χ4v) is 2.39. The lowest BCUT2D eigenvalue weighted by molar-refractivity contribution is 0.587. The number of halogens is 1. The highest BCUT2D eigenvalue weighted by molar-refractivity contribution is 5.81. The normalized spacial score (nSPS) is 12.5. The second kappa shape index (κ2) is 5.33. The van der Waals surface area contributed by atoms with Gasteiger partial charge in [0.1, 0.15) is 5.82 Å². The van der Waals surface area contributed by atoms with E-state index in [4.69, 9.17) is 0 Å². The van der Waals surface area contributed by atoms with Gasteiger partial charge in [-0.05, 0) is 30.7 Å². The summed E-state index contributed by atoms with van der Waals surface area (Å²) in [7, 11) is 0. The minimum atomic E-state index is -0.170. The Kier molecular flexibility index (Phi) is 3.37. The molecule has 0 saturated heterocycles. The van der Waals surface area contributed by atoms with E-state index in [2.05, 4.69) is 15.5 Å². The molecule has 0 aliphatic rings. The summed E-state index contributed by atoms with van der Waals surface area (Å²) in [5, 5.41) is 11.3. The van der Waals surface area contributed by atoms with Crippen molar-refractivity contribution in [3.05, 3.63) is 60.0 Å². The van der Waals surface area contributed by atoms with Crippen molar-refractivity contribution < 1.29 is 4.39 Å². The van der Waals surface area contributed by atoms with Crippen LogP contribution in [-0.2, 0) is 0 Å². The fraction of sp³-hybridized carbons (Fsp3) is 0.188. The lowest BCUT2D eigenvalue weighted by Crippen LogP contribution is -2.11. The molecule has 0 radical (unpaired) electrons. The highest BCUT2D eigenvalue weighted by atomic mass is 19.1. The molecule has 1 atom stereocenters. The van der Waals surface area contributed by atoms with Crippen molar-refractivity contribution in [1.29, 1.82) is 0 Å². The van der Waals surface area contributed by atoms with E-state index >= 15 is 0 Å². The van der Waals surface area contributed by atoms with Crippen molar-refractivity contribution in [2.45, 2.75) is 19.4 Å². The smallest absolute Gasteiger partial charge is 0.128 e. The van der Waals surface area contributed by atoms with E-state index in [0.717, 1.165) is 23.0 Å². The molecule has 0 aliphatic heterocycles. The Balaban J connectivity index is 1.89. The zero-order chi connectivity index (χ0) is 13.9. The Hall–Kier alpha value is -2.36. The number of nitrogens with one attached hydrogen (secondary N) is 2. The summed E-state index contributed by atoms with van der Waals surface area (Å²) in [5.74, 6) is -0.170. The molecule has 1 heterocycles. The summed E-state index contributed by atoms with van der Waals surface area (Å²) < 4.78 is 13.9. The Labute approximate surface area is 116 Å². The minimum absolute atomic E-state index is 0.0412. The van der Waals surface area contributed by atoms with Gasteiger partial charge >= 0.3 is 0 Å². The van der Waals surface area contributed by atoms with Gasteiger partial charge in [-0.1, -0.05) is 25.1 Å². The fourth-order valence-electron chi connectivity index (χ4n) is 2.39. The molecule has 102 valence electrons. The predicted octanol–water partition coefficient (Wildman–Crippen LogP) is 4.27. The second-order valence-electron chi connectivity index (χ2n) is 4.80. The molecule has 20 heavy (non-hydrogen) atoms. The van der Waals surface area contributed by atoms with Crippen molar-refractivity contribution in [2.75, 3.05) is 5.32 Å². The van der Waals surface area contributed by atoms with Crippen LogP contribution in [0.4, 0.5) is 10.1 Å². The van der Waals surface area contributed by atoms with Crippen molar-refractivity contribution in [2.24, 2.45) is 0 Å². The Morgan fingerprint density at radius 2 is 2.10 bits per heavy atom. The number of aromatic amines is 1. The summed E-state index contributed by atoms with van der Waals surface area (Å²) in [6.07, 6.45) is 2.59. The summed E-state index contributed by atoms with van der Waals surface area (Å²) >= 11 is 0. The van der Waals surface area contributed by atoms with Crippen LogP contribution in [0, 0.1) is 5.82 Å². The molecule has 3 aromatic rings. The van der Waals surface area contributed by atoms with Gasteiger partial charge in [0.25, 0.3) is 0 Å². The van der Waals surface area contributed by atoms with Crippen LogP contribution in [0.25, 0.3) is 10.9 Å². The number of H-pyrrole nitrogens is 1. The van der Waals surface area contributed by atoms with Gasteiger partial charge in [0.05, 0.1) is 17.8 Å². The average Bonchev–Trinajstić information content (AvgIpc) is 2.93. The third kappa shape index (κ3) is 2.37. The number of fused-ring (bicyclic) bond motifs is 1. The molecule has 0 amide bonds. The van der Waals surface area contributed by atoms with Gasteiger partial charge in [-0.15, -0.1) is 0 Å². The highest BCUT2D eigenvalue weighted by Gasteiger charge is 2.13. The molecule has 2 N–H and O–H groups in total. The van der Waals surface area contributed by atoms with Crippen LogP contribution in [0.15, 0.2) is 48.7 Å². The standard InChI is InChI=1S/C16H16FN3/c1-2-15(13-5-3-4-6-14(13)17)19-12-7-8-16-11(9-12)10-18-20-16/h3-10,15,19H,2H2,1H3,(H,18,20). The number of aromatic nitrogens is 2. The third-order valence-corrected chi connectivity index (χ3v) is 3.47. The zero-order valence-electron chi connectivity index (χ0n) is 11.2. The van der Waals surface area contributed by atoms with Crippen LogP contribution in [0.2, 0.25) is 0 Å². The molecule has 3 nitrogen and oxygen atoms in total. The molecular weight excluding hydrogens is 253 g/mol. The van der Waals surface area contributed by atoms with Gasteiger partial charge in [-0.25, -0.2) is 4.39 Å². The van der Waals surface area contributed by atoms with E-state index in [1.54, 1.807) is 12.3 Å². The number of benzene rings is 2. The van der Waals surface area contributed by atoms with Gasteiger partial charge < -0.3 is 5.32 Å². The van der Waals surface area contributed by atoms with E-state index in [0.29, 0.717) is 5.56 Å². The van der Waals surface area contributed by atoms with Crippen molar-refractivity contribution in [3.63, 3.8) is 0 Å². The molecule has 0 bridgehead atoms. The summed E-state index contributed by atoms with van der Waals surface area (Å²) in [5.41, 5.74) is 2.66. The number of nitrogens with zero attached hydrogens (tertiary/aromatic N) is 1. The lowest BCUT2D eigenvalue weighted by atomic mass is 10.0. The van der Waals surface area contributed by atoms with Gasteiger partial charge in [0, 0.05) is 16.6 Å². The monoisotopic (exact) mass is 269 g/mol. The van der Waals surface area contributed by atoms with Crippen molar-refractivity contribution in [3.8, 4) is 0 Å². The predicted molar refractivity (Wildman–Crippen MR) is 79.1 cm³/mol. The number of rotatable bonds is 4. The van der Waals surface area contributed by atoms with Crippen molar-refractivity contribution >= 4 is 16.6 Å². The first-order chi connectivity index (χ1) is 9.78. The molecule has 0 fully saturated rings. The van der Waals surface area contributed by atoms with Crippen LogP contribution >= 0.6 is 0 Å². The molecule has 2 aromatic carbocycles. The molecule has 0 spiro atoms. The van der Waals surface area contributed by atoms with Gasteiger partial charge in [-0.2, -0.15) is 5.10 Å². The van der Waals surface area contributed by atoms with Crippen LogP contribution < -0.4 is 5.32 Å². The molecule has 0 saturated carbocycles. The maximum absolute atomic E-state index is 13.9. The van der Waals surface area contributed by atoms with Crippen molar-refractivity contribution in [1.82, 2.24) is 10.2 Å². The van der Waals surface area contributed by atoms with Gasteiger partial charge in [0.2, 0.25) is 0 Å². The van der Waals surface area contributed by atoms with E-state index in [1.165, 1.54) is 6.07 Å². The van der Waals surface area contributed by atoms with Crippen LogP contribution in [0.1, 0.15) is 24.9 Å². The molecular formula is C16H16FN3. The summed E-state index contributed by atoms with van der Waals surface area (Å²) in [6, 6.07) is 12.8. The first kappa shape index (κ1) is 12.7. The zero-order valence-corrected chi connectivity index (χ0v) is 11.2. The van der Waals surface area contributed by atoms with Crippen LogP contribution in [0.5, 0.6) is 0 Å². The molecule has 1 unspecified atom stereocenters. The van der Waals surface area contributed by atoms with Crippen LogP contribution in [-0.4, -0.2) is 10.2 Å². The number of hydrogen-bond acceptors (Lipinski definition) is 2. The van der Waals surface area contributed by atoms with Gasteiger partial charge in [-0.3, -0.25) is 5.10 Å².